The highest BCUT2D eigenvalue weighted by atomic mass is 79.9. The summed E-state index contributed by atoms with van der Waals surface area (Å²) in [7, 11) is 0. The number of pyridine rings is 2. The van der Waals surface area contributed by atoms with Gasteiger partial charge in [-0.3, -0.25) is 9.59 Å². The van der Waals surface area contributed by atoms with Crippen LogP contribution in [0.4, 0.5) is 5.82 Å². The highest BCUT2D eigenvalue weighted by Crippen LogP contribution is 2.21. The number of nitrogens with zero attached hydrogens (tertiary/aromatic N) is 4. The van der Waals surface area contributed by atoms with Gasteiger partial charge in [-0.05, 0) is 65.5 Å². The first-order valence-electron chi connectivity index (χ1n) is 9.16. The maximum Gasteiger partial charge on any atom is 0.274 e. The van der Waals surface area contributed by atoms with Crippen molar-refractivity contribution in [2.24, 2.45) is 5.92 Å². The minimum atomic E-state index is -0.262. The molecule has 28 heavy (non-hydrogen) atoms. The van der Waals surface area contributed by atoms with Gasteiger partial charge in [0, 0.05) is 36.2 Å². The largest absolute Gasteiger partial charge is 0.336 e. The topological polar surface area (TPSA) is 79.6 Å². The van der Waals surface area contributed by atoms with Gasteiger partial charge in [-0.25, -0.2) is 9.97 Å². The second-order valence-electron chi connectivity index (χ2n) is 7.04. The predicted molar refractivity (Wildman–Crippen MR) is 109 cm³/mol. The number of nitrogens with one attached hydrogen (secondary N) is 1. The van der Waals surface area contributed by atoms with E-state index in [1.165, 1.54) is 0 Å². The maximum atomic E-state index is 12.9. The zero-order chi connectivity index (χ0) is 19.7. The molecular weight excluding hydrogens is 422 g/mol. The van der Waals surface area contributed by atoms with Crippen molar-refractivity contribution in [1.29, 1.82) is 0 Å². The molecule has 0 radical (unpaired) electrons. The standard InChI is InChI=1S/C20H20BrN5O2/c1-13-6-8-25-12-16(23-18(25)9-13)20(28)26-7-2-3-14(11-26)19(27)24-17-5-4-15(21)10-22-17/h4-6,8-10,12,14H,2-3,7,11H2,1H3,(H,22,24,27)/t14-/m1/s1. The first kappa shape index (κ1) is 18.6. The molecule has 4 heterocycles. The van der Waals surface area contributed by atoms with Crippen molar-refractivity contribution in [2.45, 2.75) is 19.8 Å². The van der Waals surface area contributed by atoms with Crippen LogP contribution >= 0.6 is 15.9 Å². The molecule has 1 saturated heterocycles. The lowest BCUT2D eigenvalue weighted by molar-refractivity contribution is -0.121. The number of amides is 2. The smallest absolute Gasteiger partial charge is 0.274 e. The van der Waals surface area contributed by atoms with Crippen molar-refractivity contribution in [3.05, 3.63) is 58.6 Å². The average Bonchev–Trinajstić information content (AvgIpc) is 3.12. The maximum absolute atomic E-state index is 12.9. The van der Waals surface area contributed by atoms with Crippen molar-refractivity contribution >= 4 is 39.2 Å². The molecule has 0 spiro atoms. The fourth-order valence-electron chi connectivity index (χ4n) is 3.40. The molecule has 1 aliphatic rings. The Morgan fingerprint density at radius 1 is 1.29 bits per heavy atom. The van der Waals surface area contributed by atoms with Gasteiger partial charge in [0.05, 0.1) is 5.92 Å². The Bertz CT molecular complexity index is 1030. The van der Waals surface area contributed by atoms with Crippen molar-refractivity contribution in [2.75, 3.05) is 18.4 Å². The van der Waals surface area contributed by atoms with E-state index in [-0.39, 0.29) is 17.7 Å². The molecule has 8 heteroatoms. The quantitative estimate of drug-likeness (QED) is 0.675. The summed E-state index contributed by atoms with van der Waals surface area (Å²) >= 11 is 3.32. The molecular formula is C20H20BrN5O2. The molecule has 2 amide bonds. The van der Waals surface area contributed by atoms with E-state index in [9.17, 15) is 9.59 Å². The summed E-state index contributed by atoms with van der Waals surface area (Å²) in [6, 6.07) is 7.48. The normalized spacial score (nSPS) is 16.9. The van der Waals surface area contributed by atoms with Crippen LogP contribution in [0, 0.1) is 12.8 Å². The van der Waals surface area contributed by atoms with Crippen molar-refractivity contribution in [1.82, 2.24) is 19.3 Å². The van der Waals surface area contributed by atoms with E-state index < -0.39 is 0 Å². The number of fused-ring (bicyclic) bond motifs is 1. The third-order valence-electron chi connectivity index (χ3n) is 4.89. The lowest BCUT2D eigenvalue weighted by Crippen LogP contribution is -2.44. The lowest BCUT2D eigenvalue weighted by atomic mass is 9.97. The SMILES string of the molecule is Cc1ccn2cc(C(=O)N3CCC[C@@H](C(=O)Nc4ccc(Br)cn4)C3)nc2c1. The first-order valence-corrected chi connectivity index (χ1v) is 9.96. The average molecular weight is 442 g/mol. The van der Waals surface area contributed by atoms with Crippen molar-refractivity contribution in [3.63, 3.8) is 0 Å². The van der Waals surface area contributed by atoms with Crippen LogP contribution in [0.25, 0.3) is 5.65 Å². The van der Waals surface area contributed by atoms with Crippen LogP contribution in [0.2, 0.25) is 0 Å². The second-order valence-corrected chi connectivity index (χ2v) is 7.95. The molecule has 0 unspecified atom stereocenters. The van der Waals surface area contributed by atoms with E-state index in [2.05, 4.69) is 31.2 Å². The Balaban J connectivity index is 1.45. The van der Waals surface area contributed by atoms with Crippen LogP contribution in [0.15, 0.2) is 47.3 Å². The number of aryl methyl sites for hydroxylation is 1. The van der Waals surface area contributed by atoms with E-state index in [0.29, 0.717) is 24.6 Å². The number of anilines is 1. The highest BCUT2D eigenvalue weighted by molar-refractivity contribution is 9.10. The molecule has 7 nitrogen and oxygen atoms in total. The molecule has 1 N–H and O–H groups in total. The summed E-state index contributed by atoms with van der Waals surface area (Å²) in [5.74, 6) is -0.00615. The monoisotopic (exact) mass is 441 g/mol. The van der Waals surface area contributed by atoms with Crippen molar-refractivity contribution in [3.8, 4) is 0 Å². The van der Waals surface area contributed by atoms with E-state index in [1.807, 2.05) is 35.7 Å². The third-order valence-corrected chi connectivity index (χ3v) is 5.36. The molecule has 3 aromatic rings. The van der Waals surface area contributed by atoms with E-state index >= 15 is 0 Å². The molecule has 1 fully saturated rings. The van der Waals surface area contributed by atoms with Gasteiger partial charge >= 0.3 is 0 Å². The van der Waals surface area contributed by atoms with Gasteiger partial charge in [-0.2, -0.15) is 0 Å². The lowest BCUT2D eigenvalue weighted by Gasteiger charge is -2.31. The number of aromatic nitrogens is 3. The number of hydrogen-bond acceptors (Lipinski definition) is 4. The van der Waals surface area contributed by atoms with Crippen LogP contribution in [0.3, 0.4) is 0 Å². The van der Waals surface area contributed by atoms with Crippen molar-refractivity contribution < 1.29 is 9.59 Å². The Hall–Kier alpha value is -2.74. The minimum absolute atomic E-state index is 0.113. The Morgan fingerprint density at radius 3 is 2.93 bits per heavy atom. The molecule has 1 atom stereocenters. The van der Waals surface area contributed by atoms with Gasteiger partial charge in [0.1, 0.15) is 17.2 Å². The third kappa shape index (κ3) is 3.91. The number of imidazole rings is 1. The summed E-state index contributed by atoms with van der Waals surface area (Å²) in [5.41, 5.74) is 2.24. The molecule has 0 bridgehead atoms. The summed E-state index contributed by atoms with van der Waals surface area (Å²) in [5, 5.41) is 2.84. The molecule has 144 valence electrons. The Labute approximate surface area is 170 Å². The fraction of sp³-hybridized carbons (Fsp3) is 0.300. The predicted octanol–water partition coefficient (Wildman–Crippen LogP) is 3.29. The van der Waals surface area contributed by atoms with Gasteiger partial charge in [-0.15, -0.1) is 0 Å². The molecule has 1 aliphatic heterocycles. The molecule has 0 aromatic carbocycles. The fourth-order valence-corrected chi connectivity index (χ4v) is 3.64. The number of halogens is 1. The van der Waals surface area contributed by atoms with Gasteiger partial charge in [-0.1, -0.05) is 0 Å². The minimum Gasteiger partial charge on any atom is -0.336 e. The molecule has 3 aromatic heterocycles. The number of rotatable bonds is 3. The number of piperidine rings is 1. The second kappa shape index (κ2) is 7.71. The summed E-state index contributed by atoms with van der Waals surface area (Å²) < 4.78 is 2.69. The van der Waals surface area contributed by atoms with Gasteiger partial charge < -0.3 is 14.6 Å². The van der Waals surface area contributed by atoms with E-state index in [1.54, 1.807) is 23.4 Å². The van der Waals surface area contributed by atoms with E-state index in [4.69, 9.17) is 0 Å². The number of carbonyl (C=O) groups is 2. The Kier molecular flexibility index (Phi) is 5.13. The summed E-state index contributed by atoms with van der Waals surface area (Å²) in [6.45, 7) is 3.00. The zero-order valence-corrected chi connectivity index (χ0v) is 17.0. The zero-order valence-electron chi connectivity index (χ0n) is 15.4. The number of likely N-dealkylation sites (tertiary alicyclic amines) is 1. The highest BCUT2D eigenvalue weighted by Gasteiger charge is 2.30. The Morgan fingerprint density at radius 2 is 2.14 bits per heavy atom. The van der Waals surface area contributed by atoms with Gasteiger partial charge in [0.25, 0.3) is 5.91 Å². The number of hydrogen-bond donors (Lipinski definition) is 1. The number of carbonyl (C=O) groups excluding carboxylic acids is 2. The van der Waals surface area contributed by atoms with Gasteiger partial charge in [0.2, 0.25) is 5.91 Å². The van der Waals surface area contributed by atoms with Crippen LogP contribution < -0.4 is 5.32 Å². The summed E-state index contributed by atoms with van der Waals surface area (Å²) in [6.07, 6.45) is 6.80. The molecule has 4 rings (SSSR count). The van der Waals surface area contributed by atoms with Gasteiger partial charge in [0.15, 0.2) is 0 Å². The molecule has 0 saturated carbocycles. The van der Waals surface area contributed by atoms with Crippen LogP contribution in [-0.2, 0) is 4.79 Å². The molecule has 0 aliphatic carbocycles. The summed E-state index contributed by atoms with van der Waals surface area (Å²) in [4.78, 5) is 35.9. The van der Waals surface area contributed by atoms with E-state index in [0.717, 1.165) is 28.5 Å². The van der Waals surface area contributed by atoms with Crippen LogP contribution in [0.1, 0.15) is 28.9 Å². The van der Waals surface area contributed by atoms with Crippen LogP contribution in [-0.4, -0.2) is 44.2 Å². The van der Waals surface area contributed by atoms with Crippen LogP contribution in [0.5, 0.6) is 0 Å². The first-order chi connectivity index (χ1) is 13.5.